The second kappa shape index (κ2) is 6.84. The Hall–Kier alpha value is -3.33. The molecule has 0 atom stereocenters. The molecule has 3 aromatic heterocycles. The average Bonchev–Trinajstić information content (AvgIpc) is 3.03. The lowest BCUT2D eigenvalue weighted by molar-refractivity contribution is 0.0518. The largest absolute Gasteiger partial charge is 0.481 e. The molecule has 0 spiro atoms. The number of hydrogen-bond donors (Lipinski definition) is 0. The van der Waals surface area contributed by atoms with Gasteiger partial charge in [-0.15, -0.1) is 0 Å². The molecule has 0 aliphatic carbocycles. The molecule has 0 fully saturated rings. The van der Waals surface area contributed by atoms with Crippen LogP contribution < -0.4 is 4.74 Å². The zero-order chi connectivity index (χ0) is 16.9. The quantitative estimate of drug-likeness (QED) is 0.547. The zero-order valence-corrected chi connectivity index (χ0v) is 13.3. The summed E-state index contributed by atoms with van der Waals surface area (Å²) in [6.45, 7) is 2.08. The van der Waals surface area contributed by atoms with Gasteiger partial charge in [0.1, 0.15) is 11.3 Å². The van der Waals surface area contributed by atoms with E-state index in [4.69, 9.17) is 9.47 Å². The molecule has 0 radical (unpaired) electrons. The molecule has 6 heteroatoms. The molecule has 0 saturated heterocycles. The smallest absolute Gasteiger partial charge is 0.356 e. The minimum absolute atomic E-state index is 0.313. The van der Waals surface area contributed by atoms with Gasteiger partial charge in [-0.3, -0.25) is 4.40 Å². The number of carbonyl (C=O) groups is 1. The van der Waals surface area contributed by atoms with Crippen molar-refractivity contribution in [2.24, 2.45) is 0 Å². The lowest BCUT2D eigenvalue weighted by Gasteiger charge is -2.02. The van der Waals surface area contributed by atoms with Crippen molar-refractivity contribution in [1.29, 1.82) is 0 Å². The predicted molar refractivity (Wildman–Crippen MR) is 87.9 cm³/mol. The van der Waals surface area contributed by atoms with E-state index in [0.29, 0.717) is 29.5 Å². The molecule has 3 heterocycles. The van der Waals surface area contributed by atoms with Crippen LogP contribution in [0.2, 0.25) is 0 Å². The first-order valence-corrected chi connectivity index (χ1v) is 7.38. The standard InChI is InChI=1S/C18H15N3O3/c1-3-24-18(22)15-11-19-16-10-8-13(12-21(15)16)7-9-14-5-4-6-17(20-14)23-2/h4-6,8,10-12H,3H2,1-2H3. The summed E-state index contributed by atoms with van der Waals surface area (Å²) in [4.78, 5) is 20.4. The van der Waals surface area contributed by atoms with Gasteiger partial charge in [-0.05, 0) is 31.0 Å². The van der Waals surface area contributed by atoms with E-state index in [0.717, 1.165) is 5.56 Å². The summed E-state index contributed by atoms with van der Waals surface area (Å²) in [5.74, 6) is 6.10. The summed E-state index contributed by atoms with van der Waals surface area (Å²) in [6.07, 6.45) is 3.25. The number of esters is 1. The zero-order valence-electron chi connectivity index (χ0n) is 13.3. The van der Waals surface area contributed by atoms with Crippen molar-refractivity contribution in [3.05, 3.63) is 59.7 Å². The third kappa shape index (κ3) is 3.20. The van der Waals surface area contributed by atoms with E-state index in [9.17, 15) is 4.79 Å². The number of nitrogens with zero attached hydrogens (tertiary/aromatic N) is 3. The van der Waals surface area contributed by atoms with Crippen LogP contribution >= 0.6 is 0 Å². The Balaban J connectivity index is 1.95. The van der Waals surface area contributed by atoms with Gasteiger partial charge in [-0.1, -0.05) is 12.0 Å². The van der Waals surface area contributed by atoms with E-state index >= 15 is 0 Å². The van der Waals surface area contributed by atoms with Crippen molar-refractivity contribution in [2.45, 2.75) is 6.92 Å². The van der Waals surface area contributed by atoms with Gasteiger partial charge in [-0.2, -0.15) is 0 Å². The summed E-state index contributed by atoms with van der Waals surface area (Å²) in [6, 6.07) is 9.02. The Bertz CT molecular complexity index is 951. The summed E-state index contributed by atoms with van der Waals surface area (Å²) in [7, 11) is 1.56. The number of aromatic nitrogens is 3. The van der Waals surface area contributed by atoms with Crippen molar-refractivity contribution in [3.63, 3.8) is 0 Å². The fraction of sp³-hybridized carbons (Fsp3) is 0.167. The maximum Gasteiger partial charge on any atom is 0.356 e. The number of fused-ring (bicyclic) bond motifs is 1. The molecular weight excluding hydrogens is 306 g/mol. The van der Waals surface area contributed by atoms with E-state index < -0.39 is 5.97 Å². The second-order valence-electron chi connectivity index (χ2n) is 4.83. The molecule has 0 amide bonds. The van der Waals surface area contributed by atoms with Gasteiger partial charge >= 0.3 is 5.97 Å². The molecule has 3 rings (SSSR count). The normalized spacial score (nSPS) is 10.1. The van der Waals surface area contributed by atoms with Gasteiger partial charge in [0.05, 0.1) is 19.9 Å². The number of imidazole rings is 1. The molecule has 0 aliphatic heterocycles. The minimum atomic E-state index is -0.412. The molecule has 3 aromatic rings. The SMILES string of the molecule is CCOC(=O)c1cnc2ccc(C#Cc3cccc(OC)n3)cn12. The maximum absolute atomic E-state index is 11.9. The molecule has 0 aliphatic rings. The van der Waals surface area contributed by atoms with Crippen LogP contribution in [-0.2, 0) is 4.74 Å². The summed E-state index contributed by atoms with van der Waals surface area (Å²) < 4.78 is 11.8. The van der Waals surface area contributed by atoms with Crippen molar-refractivity contribution in [2.75, 3.05) is 13.7 Å². The fourth-order valence-electron chi connectivity index (χ4n) is 2.14. The Morgan fingerprint density at radius 2 is 2.12 bits per heavy atom. The molecule has 0 aromatic carbocycles. The van der Waals surface area contributed by atoms with Crippen LogP contribution in [-0.4, -0.2) is 34.1 Å². The lowest BCUT2D eigenvalue weighted by Crippen LogP contribution is -2.07. The second-order valence-corrected chi connectivity index (χ2v) is 4.83. The van der Waals surface area contributed by atoms with Crippen molar-refractivity contribution >= 4 is 11.6 Å². The number of pyridine rings is 2. The first-order valence-electron chi connectivity index (χ1n) is 7.38. The highest BCUT2D eigenvalue weighted by atomic mass is 16.5. The summed E-state index contributed by atoms with van der Waals surface area (Å²) in [5.41, 5.74) is 2.36. The topological polar surface area (TPSA) is 65.7 Å². The first-order chi connectivity index (χ1) is 11.7. The predicted octanol–water partition coefficient (Wildman–Crippen LogP) is 2.31. The fourth-order valence-corrected chi connectivity index (χ4v) is 2.14. The number of ether oxygens (including phenoxy) is 2. The van der Waals surface area contributed by atoms with Gasteiger partial charge in [0.15, 0.2) is 5.69 Å². The van der Waals surface area contributed by atoms with Gasteiger partial charge in [-0.25, -0.2) is 14.8 Å². The van der Waals surface area contributed by atoms with Crippen LogP contribution in [0.15, 0.2) is 42.7 Å². The van der Waals surface area contributed by atoms with Crippen LogP contribution in [0.4, 0.5) is 0 Å². The molecule has 0 saturated carbocycles. The van der Waals surface area contributed by atoms with Crippen LogP contribution in [0.5, 0.6) is 5.88 Å². The molecule has 0 bridgehead atoms. The van der Waals surface area contributed by atoms with Gasteiger partial charge in [0.2, 0.25) is 5.88 Å². The third-order valence-electron chi connectivity index (χ3n) is 3.26. The van der Waals surface area contributed by atoms with E-state index in [-0.39, 0.29) is 0 Å². The summed E-state index contributed by atoms with van der Waals surface area (Å²) >= 11 is 0. The van der Waals surface area contributed by atoms with Gasteiger partial charge in [0.25, 0.3) is 0 Å². The highest BCUT2D eigenvalue weighted by Crippen LogP contribution is 2.11. The Morgan fingerprint density at radius 1 is 1.25 bits per heavy atom. The lowest BCUT2D eigenvalue weighted by atomic mass is 10.2. The van der Waals surface area contributed by atoms with Crippen molar-refractivity contribution in [1.82, 2.24) is 14.4 Å². The maximum atomic E-state index is 11.9. The first kappa shape index (κ1) is 15.6. The van der Waals surface area contributed by atoms with E-state index in [1.807, 2.05) is 12.1 Å². The van der Waals surface area contributed by atoms with Crippen LogP contribution in [0, 0.1) is 11.8 Å². The molecule has 24 heavy (non-hydrogen) atoms. The molecule has 0 N–H and O–H groups in total. The third-order valence-corrected chi connectivity index (χ3v) is 3.26. The van der Waals surface area contributed by atoms with Crippen LogP contribution in [0.1, 0.15) is 28.7 Å². The summed E-state index contributed by atoms with van der Waals surface area (Å²) in [5, 5.41) is 0. The molecule has 0 unspecified atom stereocenters. The van der Waals surface area contributed by atoms with E-state index in [2.05, 4.69) is 21.8 Å². The monoisotopic (exact) mass is 321 g/mol. The van der Waals surface area contributed by atoms with E-state index in [1.54, 1.807) is 42.8 Å². The molecule has 6 nitrogen and oxygen atoms in total. The van der Waals surface area contributed by atoms with Crippen LogP contribution in [0.25, 0.3) is 5.65 Å². The Morgan fingerprint density at radius 3 is 2.92 bits per heavy atom. The Labute approximate surface area is 139 Å². The Kier molecular flexibility index (Phi) is 4.43. The van der Waals surface area contributed by atoms with E-state index in [1.165, 1.54) is 6.20 Å². The van der Waals surface area contributed by atoms with Gasteiger partial charge in [0, 0.05) is 17.8 Å². The number of rotatable bonds is 3. The minimum Gasteiger partial charge on any atom is -0.481 e. The molecule has 120 valence electrons. The van der Waals surface area contributed by atoms with Crippen LogP contribution in [0.3, 0.4) is 0 Å². The highest BCUT2D eigenvalue weighted by molar-refractivity contribution is 5.88. The van der Waals surface area contributed by atoms with Crippen molar-refractivity contribution in [3.8, 4) is 17.7 Å². The van der Waals surface area contributed by atoms with Gasteiger partial charge < -0.3 is 9.47 Å². The number of methoxy groups -OCH3 is 1. The molecular formula is C18H15N3O3. The number of carbonyl (C=O) groups excluding carboxylic acids is 1. The van der Waals surface area contributed by atoms with Crippen molar-refractivity contribution < 1.29 is 14.3 Å². The average molecular weight is 321 g/mol. The highest BCUT2D eigenvalue weighted by Gasteiger charge is 2.12. The number of hydrogen-bond acceptors (Lipinski definition) is 5.